The van der Waals surface area contributed by atoms with E-state index in [2.05, 4.69) is 31.9 Å². The fourth-order valence-corrected chi connectivity index (χ4v) is 6.57. The van der Waals surface area contributed by atoms with Crippen molar-refractivity contribution in [1.82, 2.24) is 19.8 Å². The summed E-state index contributed by atoms with van der Waals surface area (Å²) in [7, 11) is 0. The van der Waals surface area contributed by atoms with Crippen LogP contribution in [0.3, 0.4) is 0 Å². The average molecular weight is 405 g/mol. The Kier molecular flexibility index (Phi) is 4.30. The van der Waals surface area contributed by atoms with Gasteiger partial charge in [0.1, 0.15) is 11.3 Å². The number of ether oxygens (including phenoxy) is 1. The van der Waals surface area contributed by atoms with E-state index in [1.54, 1.807) is 18.5 Å². The lowest BCUT2D eigenvalue weighted by Crippen LogP contribution is -2.51. The molecule has 0 bridgehead atoms. The number of benzene rings is 1. The van der Waals surface area contributed by atoms with Crippen molar-refractivity contribution in [2.75, 3.05) is 13.1 Å². The number of hydrogen-bond donors (Lipinski definition) is 0. The number of nitrogens with zero attached hydrogens (tertiary/aromatic N) is 4. The van der Waals surface area contributed by atoms with Crippen LogP contribution in [0.15, 0.2) is 42.7 Å². The Morgan fingerprint density at radius 1 is 1.03 bits per heavy atom. The van der Waals surface area contributed by atoms with Gasteiger partial charge < -0.3 is 9.64 Å². The molecule has 3 atom stereocenters. The highest BCUT2D eigenvalue weighted by atomic mass is 16.5. The van der Waals surface area contributed by atoms with Crippen LogP contribution in [0, 0.1) is 5.92 Å². The first-order valence-corrected chi connectivity index (χ1v) is 11.4. The van der Waals surface area contributed by atoms with Gasteiger partial charge in [-0.15, -0.1) is 0 Å². The number of rotatable bonds is 4. The molecule has 3 aliphatic heterocycles. The van der Waals surface area contributed by atoms with Crippen molar-refractivity contribution >= 4 is 5.91 Å². The van der Waals surface area contributed by atoms with Gasteiger partial charge in [0.15, 0.2) is 0 Å². The lowest BCUT2D eigenvalue weighted by molar-refractivity contribution is -0.138. The third-order valence-electron chi connectivity index (χ3n) is 7.86. The van der Waals surface area contributed by atoms with Crippen LogP contribution < -0.4 is 4.74 Å². The van der Waals surface area contributed by atoms with Crippen LogP contribution in [0.25, 0.3) is 0 Å². The van der Waals surface area contributed by atoms with E-state index in [0.717, 1.165) is 38.1 Å². The molecule has 30 heavy (non-hydrogen) atoms. The number of aromatic nitrogens is 2. The van der Waals surface area contributed by atoms with Crippen molar-refractivity contribution in [2.45, 2.75) is 62.6 Å². The second-order valence-electron chi connectivity index (χ2n) is 9.27. The molecule has 1 aromatic carbocycles. The van der Waals surface area contributed by atoms with Gasteiger partial charge in [0.05, 0.1) is 0 Å². The normalized spacial score (nSPS) is 31.3. The number of amides is 1. The summed E-state index contributed by atoms with van der Waals surface area (Å²) in [6.07, 6.45) is 11.5. The Labute approximate surface area is 177 Å². The molecule has 156 valence electrons. The summed E-state index contributed by atoms with van der Waals surface area (Å²) in [5.41, 5.74) is 1.05. The van der Waals surface area contributed by atoms with Gasteiger partial charge in [-0.2, -0.15) is 0 Å². The topological polar surface area (TPSA) is 58.6 Å². The van der Waals surface area contributed by atoms with Crippen molar-refractivity contribution in [3.8, 4) is 11.8 Å². The number of hydrogen-bond acceptors (Lipinski definition) is 5. The SMILES string of the molecule is O=C1N(C2CCCC2)C[C@@H]2C[C@@H](c3ccc(Oc4ncccn4)cc3)N3CCC[C@@]123. The molecule has 3 saturated heterocycles. The monoisotopic (exact) mass is 404 g/mol. The first kappa shape index (κ1) is 18.3. The second-order valence-corrected chi connectivity index (χ2v) is 9.27. The predicted molar refractivity (Wildman–Crippen MR) is 112 cm³/mol. The van der Waals surface area contributed by atoms with Gasteiger partial charge in [-0.05, 0) is 62.4 Å². The Bertz CT molecular complexity index is 928. The molecule has 1 aliphatic carbocycles. The van der Waals surface area contributed by atoms with E-state index >= 15 is 0 Å². The largest absolute Gasteiger partial charge is 0.424 e. The van der Waals surface area contributed by atoms with E-state index < -0.39 is 0 Å². The maximum Gasteiger partial charge on any atom is 0.321 e. The lowest BCUT2D eigenvalue weighted by Gasteiger charge is -2.35. The highest BCUT2D eigenvalue weighted by Gasteiger charge is 2.65. The first-order valence-electron chi connectivity index (χ1n) is 11.4. The molecule has 0 radical (unpaired) electrons. The predicted octanol–water partition coefficient (Wildman–Crippen LogP) is 3.95. The van der Waals surface area contributed by atoms with Crippen molar-refractivity contribution in [2.24, 2.45) is 5.92 Å². The number of carbonyl (C=O) groups excluding carboxylic acids is 1. The van der Waals surface area contributed by atoms with E-state index in [0.29, 0.717) is 29.9 Å². The Morgan fingerprint density at radius 2 is 1.80 bits per heavy atom. The van der Waals surface area contributed by atoms with Gasteiger partial charge in [-0.1, -0.05) is 25.0 Å². The standard InChI is InChI=1S/C24H28N4O2/c29-22-24-11-3-14-28(24)21(15-18(24)16-27(22)19-5-1-2-6-19)17-7-9-20(10-8-17)30-23-25-12-4-13-26-23/h4,7-10,12-13,18-19,21H,1-3,5-6,11,14-16H2/t18-,21-,24-/m0/s1. The third kappa shape index (κ3) is 2.69. The lowest BCUT2D eigenvalue weighted by atomic mass is 9.85. The smallest absolute Gasteiger partial charge is 0.321 e. The summed E-state index contributed by atoms with van der Waals surface area (Å²) in [5.74, 6) is 1.63. The molecule has 4 fully saturated rings. The third-order valence-corrected chi connectivity index (χ3v) is 7.86. The van der Waals surface area contributed by atoms with Crippen molar-refractivity contribution < 1.29 is 9.53 Å². The van der Waals surface area contributed by atoms with Crippen LogP contribution in [-0.4, -0.2) is 50.3 Å². The van der Waals surface area contributed by atoms with Crippen LogP contribution in [0.1, 0.15) is 56.6 Å². The zero-order valence-corrected chi connectivity index (χ0v) is 17.2. The summed E-state index contributed by atoms with van der Waals surface area (Å²) in [5, 5.41) is 0. The minimum atomic E-state index is -0.236. The van der Waals surface area contributed by atoms with Gasteiger partial charge in [0.25, 0.3) is 0 Å². The molecule has 2 aromatic rings. The molecule has 0 unspecified atom stereocenters. The van der Waals surface area contributed by atoms with Gasteiger partial charge in [0, 0.05) is 36.9 Å². The molecule has 4 aliphatic rings. The summed E-state index contributed by atoms with van der Waals surface area (Å²) in [4.78, 5) is 26.7. The zero-order chi connectivity index (χ0) is 20.1. The zero-order valence-electron chi connectivity index (χ0n) is 17.2. The van der Waals surface area contributed by atoms with Gasteiger partial charge in [-0.25, -0.2) is 9.97 Å². The van der Waals surface area contributed by atoms with Gasteiger partial charge in [0.2, 0.25) is 5.91 Å². The highest BCUT2D eigenvalue weighted by molar-refractivity contribution is 5.90. The maximum absolute atomic E-state index is 13.7. The molecule has 6 heteroatoms. The summed E-state index contributed by atoms with van der Waals surface area (Å²) in [6.45, 7) is 1.99. The Hall–Kier alpha value is -2.47. The van der Waals surface area contributed by atoms with E-state index in [9.17, 15) is 4.79 Å². The van der Waals surface area contributed by atoms with Crippen LogP contribution in [0.5, 0.6) is 11.8 Å². The van der Waals surface area contributed by atoms with E-state index in [4.69, 9.17) is 4.74 Å². The first-order chi connectivity index (χ1) is 14.8. The molecule has 6 rings (SSSR count). The number of likely N-dealkylation sites (tertiary alicyclic amines) is 1. The molecule has 1 saturated carbocycles. The van der Waals surface area contributed by atoms with Crippen LogP contribution in [0.4, 0.5) is 0 Å². The van der Waals surface area contributed by atoms with Crippen LogP contribution in [-0.2, 0) is 4.79 Å². The Balaban J connectivity index is 1.23. The fourth-order valence-electron chi connectivity index (χ4n) is 6.57. The minimum absolute atomic E-state index is 0.236. The quantitative estimate of drug-likeness (QED) is 0.772. The van der Waals surface area contributed by atoms with E-state index in [1.165, 1.54) is 31.2 Å². The highest BCUT2D eigenvalue weighted by Crippen LogP contribution is 2.56. The minimum Gasteiger partial charge on any atom is -0.424 e. The van der Waals surface area contributed by atoms with Crippen molar-refractivity contribution in [1.29, 1.82) is 0 Å². The van der Waals surface area contributed by atoms with Crippen LogP contribution in [0.2, 0.25) is 0 Å². The van der Waals surface area contributed by atoms with Crippen molar-refractivity contribution in [3.63, 3.8) is 0 Å². The Morgan fingerprint density at radius 3 is 2.57 bits per heavy atom. The van der Waals surface area contributed by atoms with E-state index in [-0.39, 0.29) is 5.54 Å². The molecule has 0 N–H and O–H groups in total. The summed E-state index contributed by atoms with van der Waals surface area (Å²) < 4.78 is 5.75. The molecule has 1 aromatic heterocycles. The second kappa shape index (κ2) is 7.05. The summed E-state index contributed by atoms with van der Waals surface area (Å²) in [6, 6.07) is 11.2. The molecular weight excluding hydrogens is 376 g/mol. The van der Waals surface area contributed by atoms with E-state index in [1.807, 2.05) is 12.1 Å². The van der Waals surface area contributed by atoms with Crippen molar-refractivity contribution in [3.05, 3.63) is 48.3 Å². The van der Waals surface area contributed by atoms with Gasteiger partial charge in [-0.3, -0.25) is 9.69 Å². The summed E-state index contributed by atoms with van der Waals surface area (Å²) >= 11 is 0. The molecular formula is C24H28N4O2. The fraction of sp³-hybridized carbons (Fsp3) is 0.542. The number of carbonyl (C=O) groups is 1. The molecule has 1 spiro atoms. The van der Waals surface area contributed by atoms with Crippen LogP contribution >= 0.6 is 0 Å². The molecule has 4 heterocycles. The molecule has 1 amide bonds. The maximum atomic E-state index is 13.7. The van der Waals surface area contributed by atoms with Gasteiger partial charge >= 0.3 is 6.01 Å². The molecule has 6 nitrogen and oxygen atoms in total. The average Bonchev–Trinajstić information content (AvgIpc) is 3.53.